The number of ether oxygens (including phenoxy) is 1. The van der Waals surface area contributed by atoms with Crippen molar-refractivity contribution in [2.75, 3.05) is 0 Å². The lowest BCUT2D eigenvalue weighted by atomic mass is 9.99. The fourth-order valence-corrected chi connectivity index (χ4v) is 3.43. The van der Waals surface area contributed by atoms with Crippen LogP contribution in [0, 0.1) is 0 Å². The lowest BCUT2D eigenvalue weighted by Gasteiger charge is -2.20. The molecule has 3 heteroatoms. The molecule has 0 saturated heterocycles. The minimum atomic E-state index is -0.803. The molecular formula is C25H42O3. The van der Waals surface area contributed by atoms with Crippen LogP contribution in [0.25, 0.3) is 0 Å². The Morgan fingerprint density at radius 3 is 2.11 bits per heavy atom. The summed E-state index contributed by atoms with van der Waals surface area (Å²) in [6, 6.07) is 8.00. The molecule has 0 saturated carbocycles. The van der Waals surface area contributed by atoms with E-state index in [1.807, 2.05) is 39.0 Å². The van der Waals surface area contributed by atoms with Gasteiger partial charge in [0, 0.05) is 0 Å². The zero-order valence-electron chi connectivity index (χ0n) is 18.6. The fourth-order valence-electron chi connectivity index (χ4n) is 3.43. The molecule has 0 bridgehead atoms. The van der Waals surface area contributed by atoms with Gasteiger partial charge in [0.1, 0.15) is 5.60 Å². The lowest BCUT2D eigenvalue weighted by Crippen LogP contribution is -2.24. The fraction of sp³-hybridized carbons (Fsp3) is 0.720. The van der Waals surface area contributed by atoms with Gasteiger partial charge in [-0.15, -0.1) is 0 Å². The maximum absolute atomic E-state index is 11.9. The van der Waals surface area contributed by atoms with Gasteiger partial charge in [-0.25, -0.2) is 0 Å². The summed E-state index contributed by atoms with van der Waals surface area (Å²) in [5, 5.41) is 10.4. The van der Waals surface area contributed by atoms with E-state index in [-0.39, 0.29) is 12.4 Å². The van der Waals surface area contributed by atoms with Gasteiger partial charge in [-0.1, -0.05) is 89.0 Å². The number of carbonyl (C=O) groups excluding carboxylic acids is 1. The average molecular weight is 391 g/mol. The first-order valence-corrected chi connectivity index (χ1v) is 11.3. The maximum Gasteiger partial charge on any atom is 0.309 e. The van der Waals surface area contributed by atoms with Crippen molar-refractivity contribution in [3.05, 3.63) is 35.4 Å². The summed E-state index contributed by atoms with van der Waals surface area (Å²) in [5.74, 6) is -0.361. The number of benzene rings is 1. The largest absolute Gasteiger partial charge is 0.460 e. The number of rotatable bonds is 14. The van der Waals surface area contributed by atoms with E-state index in [1.165, 1.54) is 69.8 Å². The summed E-state index contributed by atoms with van der Waals surface area (Å²) in [5.41, 5.74) is 1.52. The topological polar surface area (TPSA) is 46.5 Å². The molecule has 3 nitrogen and oxygen atoms in total. The van der Waals surface area contributed by atoms with Gasteiger partial charge >= 0.3 is 5.97 Å². The van der Waals surface area contributed by atoms with Gasteiger partial charge in [0.15, 0.2) is 0 Å². The molecule has 0 aliphatic rings. The molecule has 1 atom stereocenters. The molecule has 0 heterocycles. The summed E-state index contributed by atoms with van der Waals surface area (Å²) in [7, 11) is 0. The summed E-state index contributed by atoms with van der Waals surface area (Å²) in [4.78, 5) is 11.9. The number of unbranched alkanes of at least 4 members (excludes halogenated alkanes) is 9. The van der Waals surface area contributed by atoms with E-state index in [0.717, 1.165) is 12.0 Å². The van der Waals surface area contributed by atoms with Crippen molar-refractivity contribution in [2.45, 2.75) is 116 Å². The smallest absolute Gasteiger partial charge is 0.309 e. The zero-order valence-corrected chi connectivity index (χ0v) is 18.6. The van der Waals surface area contributed by atoms with Crippen molar-refractivity contribution in [1.82, 2.24) is 0 Å². The Hall–Kier alpha value is -1.35. The standard InChI is InChI=1S/C25H42O3/c1-5-6-7-8-9-10-11-12-13-14-16-21-17-15-18-22(19-21)23(26)20-24(27)28-25(2,3)4/h15,17-19,23,26H,5-14,16,20H2,1-4H3/t23-/m1/s1. The van der Waals surface area contributed by atoms with Gasteiger partial charge in [-0.2, -0.15) is 0 Å². The molecule has 0 aliphatic heterocycles. The summed E-state index contributed by atoms with van der Waals surface area (Å²) in [6.07, 6.45) is 13.6. The first kappa shape index (κ1) is 24.7. The van der Waals surface area contributed by atoms with Crippen molar-refractivity contribution in [1.29, 1.82) is 0 Å². The van der Waals surface area contributed by atoms with Crippen LogP contribution in [0.4, 0.5) is 0 Å². The molecule has 0 aliphatic carbocycles. The predicted octanol–water partition coefficient (Wildman–Crippen LogP) is 6.92. The van der Waals surface area contributed by atoms with E-state index < -0.39 is 11.7 Å². The van der Waals surface area contributed by atoms with Crippen molar-refractivity contribution in [3.8, 4) is 0 Å². The highest BCUT2D eigenvalue weighted by molar-refractivity contribution is 5.70. The van der Waals surface area contributed by atoms with Gasteiger partial charge in [0.25, 0.3) is 0 Å². The van der Waals surface area contributed by atoms with E-state index in [0.29, 0.717) is 0 Å². The van der Waals surface area contributed by atoms with Gasteiger partial charge in [0.05, 0.1) is 12.5 Å². The van der Waals surface area contributed by atoms with E-state index in [2.05, 4.69) is 13.0 Å². The van der Waals surface area contributed by atoms with Crippen LogP contribution < -0.4 is 0 Å². The average Bonchev–Trinajstić information content (AvgIpc) is 2.62. The number of esters is 1. The molecular weight excluding hydrogens is 348 g/mol. The predicted molar refractivity (Wildman–Crippen MR) is 117 cm³/mol. The monoisotopic (exact) mass is 390 g/mol. The highest BCUT2D eigenvalue weighted by atomic mass is 16.6. The molecule has 1 N–H and O–H groups in total. The molecule has 0 aromatic heterocycles. The number of aliphatic hydroxyl groups excluding tert-OH is 1. The molecule has 1 aromatic carbocycles. The summed E-state index contributed by atoms with van der Waals surface area (Å²) >= 11 is 0. The number of carbonyl (C=O) groups is 1. The summed E-state index contributed by atoms with van der Waals surface area (Å²) in [6.45, 7) is 7.77. The van der Waals surface area contributed by atoms with Gasteiger partial charge in [0.2, 0.25) is 0 Å². The van der Waals surface area contributed by atoms with E-state index >= 15 is 0 Å². The second-order valence-corrected chi connectivity index (χ2v) is 8.98. The van der Waals surface area contributed by atoms with Crippen molar-refractivity contribution >= 4 is 5.97 Å². The molecule has 0 unspecified atom stereocenters. The Balaban J connectivity index is 2.25. The lowest BCUT2D eigenvalue weighted by molar-refractivity contribution is -0.157. The first-order chi connectivity index (χ1) is 13.3. The van der Waals surface area contributed by atoms with Gasteiger partial charge < -0.3 is 9.84 Å². The maximum atomic E-state index is 11.9. The Morgan fingerprint density at radius 1 is 0.964 bits per heavy atom. The highest BCUT2D eigenvalue weighted by Gasteiger charge is 2.20. The molecule has 160 valence electrons. The van der Waals surface area contributed by atoms with Crippen LogP contribution in [0.1, 0.15) is 116 Å². The number of hydrogen-bond acceptors (Lipinski definition) is 3. The second-order valence-electron chi connectivity index (χ2n) is 8.98. The quantitative estimate of drug-likeness (QED) is 0.277. The van der Waals surface area contributed by atoms with Gasteiger partial charge in [-0.05, 0) is 44.7 Å². The molecule has 1 aromatic rings. The first-order valence-electron chi connectivity index (χ1n) is 11.3. The Kier molecular flexibility index (Phi) is 12.1. The van der Waals surface area contributed by atoms with Crippen molar-refractivity contribution in [2.24, 2.45) is 0 Å². The van der Waals surface area contributed by atoms with Crippen LogP contribution in [-0.2, 0) is 16.0 Å². The number of aliphatic hydroxyl groups is 1. The van der Waals surface area contributed by atoms with Crippen LogP contribution in [0.5, 0.6) is 0 Å². The SMILES string of the molecule is CCCCCCCCCCCCc1cccc([C@H](O)CC(=O)OC(C)(C)C)c1. The second kappa shape index (κ2) is 13.8. The Bertz CT molecular complexity index is 545. The van der Waals surface area contributed by atoms with Crippen molar-refractivity contribution < 1.29 is 14.6 Å². The Labute approximate surface area is 172 Å². The van der Waals surface area contributed by atoms with Crippen LogP contribution >= 0.6 is 0 Å². The number of hydrogen-bond donors (Lipinski definition) is 1. The van der Waals surface area contributed by atoms with E-state index in [9.17, 15) is 9.90 Å². The van der Waals surface area contributed by atoms with Crippen LogP contribution in [-0.4, -0.2) is 16.7 Å². The molecule has 0 amide bonds. The van der Waals surface area contributed by atoms with E-state index in [4.69, 9.17) is 4.74 Å². The zero-order chi connectivity index (χ0) is 20.8. The van der Waals surface area contributed by atoms with Gasteiger partial charge in [-0.3, -0.25) is 4.79 Å². The Morgan fingerprint density at radius 2 is 1.54 bits per heavy atom. The molecule has 1 rings (SSSR count). The third-order valence-corrected chi connectivity index (χ3v) is 4.93. The highest BCUT2D eigenvalue weighted by Crippen LogP contribution is 2.21. The minimum absolute atomic E-state index is 0.00101. The van der Waals surface area contributed by atoms with Crippen molar-refractivity contribution in [3.63, 3.8) is 0 Å². The van der Waals surface area contributed by atoms with Crippen LogP contribution in [0.3, 0.4) is 0 Å². The van der Waals surface area contributed by atoms with Crippen LogP contribution in [0.15, 0.2) is 24.3 Å². The molecule has 0 fully saturated rings. The van der Waals surface area contributed by atoms with E-state index in [1.54, 1.807) is 0 Å². The third-order valence-electron chi connectivity index (χ3n) is 4.93. The molecule has 28 heavy (non-hydrogen) atoms. The number of aryl methyl sites for hydroxylation is 1. The summed E-state index contributed by atoms with van der Waals surface area (Å²) < 4.78 is 5.30. The molecule has 0 radical (unpaired) electrons. The third kappa shape index (κ3) is 12.2. The minimum Gasteiger partial charge on any atom is -0.460 e. The van der Waals surface area contributed by atoms with Crippen LogP contribution in [0.2, 0.25) is 0 Å². The molecule has 0 spiro atoms. The normalized spacial score (nSPS) is 12.8.